The van der Waals surface area contributed by atoms with Crippen LogP contribution in [-0.2, 0) is 10.2 Å². The summed E-state index contributed by atoms with van der Waals surface area (Å²) in [4.78, 5) is 12.5. The van der Waals surface area contributed by atoms with Crippen LogP contribution in [0.5, 0.6) is 0 Å². The van der Waals surface area contributed by atoms with Crippen LogP contribution >= 0.6 is 15.9 Å². The van der Waals surface area contributed by atoms with E-state index in [1.807, 2.05) is 18.2 Å². The van der Waals surface area contributed by atoms with Crippen molar-refractivity contribution in [2.75, 3.05) is 5.32 Å². The number of allylic oxidation sites excluding steroid dienone is 2. The molecule has 1 aliphatic heterocycles. The molecule has 0 fully saturated rings. The van der Waals surface area contributed by atoms with Gasteiger partial charge in [0.05, 0.1) is 17.9 Å². The van der Waals surface area contributed by atoms with Crippen molar-refractivity contribution in [1.82, 2.24) is 0 Å². The highest BCUT2D eigenvalue weighted by Gasteiger charge is 2.45. The fraction of sp³-hybridized carbons (Fsp3) is 0.474. The number of fused-ring (bicyclic) bond motifs is 1. The summed E-state index contributed by atoms with van der Waals surface area (Å²) in [6.45, 7) is 2.20. The summed E-state index contributed by atoms with van der Waals surface area (Å²) in [5.41, 5.74) is 1.00. The first-order valence-electron chi connectivity index (χ1n) is 8.27. The first-order valence-corrected chi connectivity index (χ1v) is 9.07. The number of benzene rings is 1. The van der Waals surface area contributed by atoms with Crippen LogP contribution in [0.4, 0.5) is 5.69 Å². The molecule has 23 heavy (non-hydrogen) atoms. The maximum Gasteiger partial charge on any atom is 0.236 e. The Bertz CT molecular complexity index is 633. The number of amides is 1. The standard InChI is InChI=1S/C19H23BrN2O/c1-2-3-4-5-6-7-8-11-19(12-13-21)16-10-9-15(20)14-17(16)22-18(19)23/h7-10,14H,2-6,11-12H2,1H3,(H,22,23)/b8-7+/t19-/m0/s1. The van der Waals surface area contributed by atoms with Gasteiger partial charge in [-0.2, -0.15) is 5.26 Å². The van der Waals surface area contributed by atoms with E-state index in [1.54, 1.807) is 0 Å². The van der Waals surface area contributed by atoms with Gasteiger partial charge in [-0.25, -0.2) is 0 Å². The Morgan fingerprint density at radius 2 is 2.13 bits per heavy atom. The van der Waals surface area contributed by atoms with E-state index < -0.39 is 5.41 Å². The van der Waals surface area contributed by atoms with Gasteiger partial charge >= 0.3 is 0 Å². The van der Waals surface area contributed by atoms with Crippen molar-refractivity contribution in [2.45, 2.75) is 57.3 Å². The minimum absolute atomic E-state index is 0.0669. The maximum absolute atomic E-state index is 12.5. The zero-order chi connectivity index (χ0) is 16.7. The number of carbonyl (C=O) groups is 1. The lowest BCUT2D eigenvalue weighted by molar-refractivity contribution is -0.120. The molecule has 0 radical (unpaired) electrons. The molecule has 4 heteroatoms. The molecule has 2 rings (SSSR count). The minimum atomic E-state index is -0.745. The van der Waals surface area contributed by atoms with Crippen molar-refractivity contribution in [3.63, 3.8) is 0 Å². The Hall–Kier alpha value is -1.60. The van der Waals surface area contributed by atoms with Crippen LogP contribution in [0.25, 0.3) is 0 Å². The highest BCUT2D eigenvalue weighted by molar-refractivity contribution is 9.10. The molecule has 0 spiro atoms. The molecule has 0 aliphatic carbocycles. The van der Waals surface area contributed by atoms with Crippen molar-refractivity contribution in [2.24, 2.45) is 0 Å². The molecule has 1 atom stereocenters. The van der Waals surface area contributed by atoms with Gasteiger partial charge in [0, 0.05) is 10.2 Å². The minimum Gasteiger partial charge on any atom is -0.325 e. The zero-order valence-corrected chi connectivity index (χ0v) is 15.2. The first-order chi connectivity index (χ1) is 11.1. The first kappa shape index (κ1) is 17.7. The normalized spacial score (nSPS) is 19.6. The number of halogens is 1. The second-order valence-corrected chi connectivity index (χ2v) is 7.00. The highest BCUT2D eigenvalue weighted by Crippen LogP contribution is 2.44. The van der Waals surface area contributed by atoms with E-state index in [0.29, 0.717) is 6.42 Å². The fourth-order valence-electron chi connectivity index (χ4n) is 3.08. The molecule has 1 heterocycles. The number of rotatable bonds is 8. The van der Waals surface area contributed by atoms with Crippen LogP contribution in [0, 0.1) is 11.3 Å². The molecule has 0 aromatic heterocycles. The van der Waals surface area contributed by atoms with E-state index >= 15 is 0 Å². The average molecular weight is 375 g/mol. The van der Waals surface area contributed by atoms with Gasteiger partial charge in [-0.1, -0.05) is 60.3 Å². The molecule has 1 aromatic carbocycles. The van der Waals surface area contributed by atoms with E-state index in [9.17, 15) is 10.1 Å². The fourth-order valence-corrected chi connectivity index (χ4v) is 3.44. The molecule has 3 nitrogen and oxygen atoms in total. The Kier molecular flexibility index (Phi) is 6.41. The summed E-state index contributed by atoms with van der Waals surface area (Å²) in [5.74, 6) is -0.0669. The van der Waals surface area contributed by atoms with E-state index in [0.717, 1.165) is 22.1 Å². The molecule has 1 aliphatic rings. The number of nitriles is 1. The maximum atomic E-state index is 12.5. The van der Waals surface area contributed by atoms with Gasteiger partial charge in [0.15, 0.2) is 0 Å². The van der Waals surface area contributed by atoms with E-state index in [1.165, 1.54) is 25.7 Å². The molecule has 122 valence electrons. The van der Waals surface area contributed by atoms with E-state index in [2.05, 4.69) is 46.4 Å². The molecular formula is C19H23BrN2O. The van der Waals surface area contributed by atoms with Crippen molar-refractivity contribution in [3.05, 3.63) is 40.4 Å². The predicted octanol–water partition coefficient (Wildman–Crippen LogP) is 5.47. The number of hydrogen-bond acceptors (Lipinski definition) is 2. The second kappa shape index (κ2) is 8.31. The lowest BCUT2D eigenvalue weighted by Gasteiger charge is -2.23. The lowest BCUT2D eigenvalue weighted by Crippen LogP contribution is -2.33. The summed E-state index contributed by atoms with van der Waals surface area (Å²) in [7, 11) is 0. The summed E-state index contributed by atoms with van der Waals surface area (Å²) in [5, 5.41) is 12.2. The monoisotopic (exact) mass is 374 g/mol. The third-order valence-electron chi connectivity index (χ3n) is 4.42. The van der Waals surface area contributed by atoms with Crippen LogP contribution in [-0.4, -0.2) is 5.91 Å². The highest BCUT2D eigenvalue weighted by atomic mass is 79.9. The zero-order valence-electron chi connectivity index (χ0n) is 13.6. The van der Waals surface area contributed by atoms with Gasteiger partial charge in [-0.05, 0) is 37.0 Å². The summed E-state index contributed by atoms with van der Waals surface area (Å²) in [6, 6.07) is 7.98. The summed E-state index contributed by atoms with van der Waals surface area (Å²) < 4.78 is 0.927. The Morgan fingerprint density at radius 3 is 2.87 bits per heavy atom. The van der Waals surface area contributed by atoms with Gasteiger partial charge < -0.3 is 5.32 Å². The summed E-state index contributed by atoms with van der Waals surface area (Å²) in [6.07, 6.45) is 11.0. The molecule has 1 N–H and O–H groups in total. The number of unbranched alkanes of at least 4 members (excludes halogenated alkanes) is 4. The predicted molar refractivity (Wildman–Crippen MR) is 97.2 cm³/mol. The molecular weight excluding hydrogens is 352 g/mol. The molecule has 0 saturated heterocycles. The van der Waals surface area contributed by atoms with E-state index in [-0.39, 0.29) is 12.3 Å². The Morgan fingerprint density at radius 1 is 1.30 bits per heavy atom. The lowest BCUT2D eigenvalue weighted by atomic mass is 9.76. The van der Waals surface area contributed by atoms with Crippen molar-refractivity contribution in [1.29, 1.82) is 5.26 Å². The molecule has 1 aromatic rings. The number of hydrogen-bond donors (Lipinski definition) is 1. The molecule has 1 amide bonds. The molecule has 0 bridgehead atoms. The van der Waals surface area contributed by atoms with Gasteiger partial charge in [0.1, 0.15) is 0 Å². The largest absolute Gasteiger partial charge is 0.325 e. The van der Waals surface area contributed by atoms with Crippen molar-refractivity contribution >= 4 is 27.5 Å². The van der Waals surface area contributed by atoms with Crippen LogP contribution < -0.4 is 5.32 Å². The molecule has 0 saturated carbocycles. The van der Waals surface area contributed by atoms with Crippen molar-refractivity contribution in [3.8, 4) is 6.07 Å². The SMILES string of the molecule is CCCCCC/C=C/C[C@@]1(CC#N)C(=O)Nc2cc(Br)ccc21. The number of nitrogens with one attached hydrogen (secondary N) is 1. The Balaban J connectivity index is 2.10. The third kappa shape index (κ3) is 4.03. The van der Waals surface area contributed by atoms with Crippen LogP contribution in [0.1, 0.15) is 57.4 Å². The van der Waals surface area contributed by atoms with Crippen LogP contribution in [0.3, 0.4) is 0 Å². The van der Waals surface area contributed by atoms with Crippen LogP contribution in [0.2, 0.25) is 0 Å². The smallest absolute Gasteiger partial charge is 0.236 e. The van der Waals surface area contributed by atoms with Gasteiger partial charge in [0.25, 0.3) is 0 Å². The van der Waals surface area contributed by atoms with E-state index in [4.69, 9.17) is 0 Å². The Labute approximate surface area is 146 Å². The second-order valence-electron chi connectivity index (χ2n) is 6.09. The summed E-state index contributed by atoms with van der Waals surface area (Å²) >= 11 is 3.42. The van der Waals surface area contributed by atoms with Crippen molar-refractivity contribution < 1.29 is 4.79 Å². The number of nitrogens with zero attached hydrogens (tertiary/aromatic N) is 1. The van der Waals surface area contributed by atoms with Gasteiger partial charge in [0.2, 0.25) is 5.91 Å². The average Bonchev–Trinajstić information content (AvgIpc) is 2.78. The topological polar surface area (TPSA) is 52.9 Å². The number of anilines is 1. The van der Waals surface area contributed by atoms with Gasteiger partial charge in [-0.3, -0.25) is 4.79 Å². The third-order valence-corrected chi connectivity index (χ3v) is 4.91. The van der Waals surface area contributed by atoms with Crippen LogP contribution in [0.15, 0.2) is 34.8 Å². The van der Waals surface area contributed by atoms with Gasteiger partial charge in [-0.15, -0.1) is 0 Å². The quantitative estimate of drug-likeness (QED) is 0.484. The molecule has 0 unspecified atom stereocenters. The number of carbonyl (C=O) groups excluding carboxylic acids is 1.